The van der Waals surface area contributed by atoms with Crippen molar-refractivity contribution in [2.45, 2.75) is 0 Å². The lowest BCUT2D eigenvalue weighted by Crippen LogP contribution is -2.15. The number of anilines is 3. The molecule has 0 amide bonds. The number of ether oxygens (including phenoxy) is 1. The molecular weight excluding hydrogens is 256 g/mol. The van der Waals surface area contributed by atoms with Crippen LogP contribution in [0.1, 0.15) is 10.4 Å². The highest BCUT2D eigenvalue weighted by Crippen LogP contribution is 2.34. The van der Waals surface area contributed by atoms with E-state index in [-0.39, 0.29) is 5.56 Å². The molecule has 20 heavy (non-hydrogen) atoms. The van der Waals surface area contributed by atoms with Gasteiger partial charge in [-0.15, -0.1) is 0 Å². The summed E-state index contributed by atoms with van der Waals surface area (Å²) in [6.07, 6.45) is 0. The van der Waals surface area contributed by atoms with Crippen molar-refractivity contribution in [2.75, 3.05) is 24.8 Å². The van der Waals surface area contributed by atoms with E-state index in [0.29, 0.717) is 17.1 Å². The molecule has 0 spiro atoms. The van der Waals surface area contributed by atoms with Gasteiger partial charge >= 0.3 is 5.97 Å². The van der Waals surface area contributed by atoms with Crippen LogP contribution >= 0.6 is 0 Å². The zero-order valence-electron chi connectivity index (χ0n) is 11.3. The molecule has 3 N–H and O–H groups in total. The Kier molecular flexibility index (Phi) is 3.79. The predicted molar refractivity (Wildman–Crippen MR) is 78.9 cm³/mol. The van der Waals surface area contributed by atoms with Crippen molar-refractivity contribution in [3.05, 3.63) is 48.0 Å². The highest BCUT2D eigenvalue weighted by atomic mass is 16.5. The third-order valence-corrected chi connectivity index (χ3v) is 3.06. The molecule has 0 aliphatic heterocycles. The summed E-state index contributed by atoms with van der Waals surface area (Å²) >= 11 is 0. The quantitative estimate of drug-likeness (QED) is 0.837. The third kappa shape index (κ3) is 2.51. The Balaban J connectivity index is 2.55. The van der Waals surface area contributed by atoms with Gasteiger partial charge in [-0.25, -0.2) is 4.79 Å². The first-order valence-corrected chi connectivity index (χ1v) is 6.04. The molecule has 0 atom stereocenters. The summed E-state index contributed by atoms with van der Waals surface area (Å²) in [7, 11) is 3.35. The zero-order valence-corrected chi connectivity index (χ0v) is 11.3. The standard InChI is InChI=1S/C15H16N2O3/c1-17(12-5-3-4-6-14(12)20-2)13-9-10(16)7-8-11(13)15(18)19/h3-9H,16H2,1-2H3,(H,18,19). The molecule has 0 unspecified atom stereocenters. The van der Waals surface area contributed by atoms with Crippen LogP contribution in [0.3, 0.4) is 0 Å². The molecule has 2 aromatic carbocycles. The van der Waals surface area contributed by atoms with Crippen LogP contribution in [0, 0.1) is 0 Å². The van der Waals surface area contributed by atoms with Gasteiger partial charge in [0.2, 0.25) is 0 Å². The summed E-state index contributed by atoms with van der Waals surface area (Å²) in [4.78, 5) is 13.1. The van der Waals surface area contributed by atoms with E-state index in [1.807, 2.05) is 24.3 Å². The van der Waals surface area contributed by atoms with Crippen molar-refractivity contribution in [1.82, 2.24) is 0 Å². The van der Waals surface area contributed by atoms with Gasteiger partial charge in [0, 0.05) is 12.7 Å². The maximum absolute atomic E-state index is 11.3. The van der Waals surface area contributed by atoms with Crippen LogP contribution in [0.2, 0.25) is 0 Å². The molecule has 0 saturated heterocycles. The van der Waals surface area contributed by atoms with E-state index in [0.717, 1.165) is 5.69 Å². The van der Waals surface area contributed by atoms with E-state index in [4.69, 9.17) is 10.5 Å². The van der Waals surface area contributed by atoms with Crippen LogP contribution in [0.15, 0.2) is 42.5 Å². The molecule has 0 fully saturated rings. The monoisotopic (exact) mass is 272 g/mol. The van der Waals surface area contributed by atoms with Crippen LogP contribution in [-0.4, -0.2) is 25.2 Å². The molecule has 5 heteroatoms. The molecule has 0 bridgehead atoms. The summed E-state index contributed by atoms with van der Waals surface area (Å²) in [5.41, 5.74) is 7.74. The summed E-state index contributed by atoms with van der Waals surface area (Å²) in [6, 6.07) is 12.1. The number of rotatable bonds is 4. The smallest absolute Gasteiger partial charge is 0.337 e. The first-order chi connectivity index (χ1) is 9.54. The fourth-order valence-electron chi connectivity index (χ4n) is 2.04. The Hall–Kier alpha value is -2.69. The normalized spacial score (nSPS) is 10.1. The Labute approximate surface area is 117 Å². The minimum atomic E-state index is -0.998. The third-order valence-electron chi connectivity index (χ3n) is 3.06. The fourth-order valence-corrected chi connectivity index (χ4v) is 2.04. The molecule has 0 heterocycles. The summed E-state index contributed by atoms with van der Waals surface area (Å²) < 4.78 is 5.30. The number of nitrogen functional groups attached to an aromatic ring is 1. The first-order valence-electron chi connectivity index (χ1n) is 6.04. The van der Waals surface area contributed by atoms with Crippen LogP contribution in [0.5, 0.6) is 5.75 Å². The van der Waals surface area contributed by atoms with E-state index < -0.39 is 5.97 Å². The lowest BCUT2D eigenvalue weighted by Gasteiger charge is -2.23. The zero-order chi connectivity index (χ0) is 14.7. The fraction of sp³-hybridized carbons (Fsp3) is 0.133. The minimum Gasteiger partial charge on any atom is -0.495 e. The number of nitrogens with zero attached hydrogens (tertiary/aromatic N) is 1. The van der Waals surface area contributed by atoms with Crippen molar-refractivity contribution in [1.29, 1.82) is 0 Å². The SMILES string of the molecule is COc1ccccc1N(C)c1cc(N)ccc1C(=O)O. The number of aromatic carboxylic acids is 1. The van der Waals surface area contributed by atoms with Crippen molar-refractivity contribution < 1.29 is 14.6 Å². The largest absolute Gasteiger partial charge is 0.495 e. The minimum absolute atomic E-state index is 0.188. The van der Waals surface area contributed by atoms with Gasteiger partial charge in [-0.1, -0.05) is 12.1 Å². The van der Waals surface area contributed by atoms with E-state index in [2.05, 4.69) is 0 Å². The average molecular weight is 272 g/mol. The lowest BCUT2D eigenvalue weighted by molar-refractivity contribution is 0.0697. The number of carboxylic acids is 1. The molecular formula is C15H16N2O3. The van der Waals surface area contributed by atoms with Crippen LogP contribution in [0.4, 0.5) is 17.1 Å². The Morgan fingerprint density at radius 3 is 2.55 bits per heavy atom. The van der Waals surface area contributed by atoms with Gasteiger partial charge in [-0.2, -0.15) is 0 Å². The second kappa shape index (κ2) is 5.52. The molecule has 0 radical (unpaired) electrons. The van der Waals surface area contributed by atoms with Gasteiger partial charge in [0.15, 0.2) is 0 Å². The average Bonchev–Trinajstić information content (AvgIpc) is 2.46. The van der Waals surface area contributed by atoms with Gasteiger partial charge < -0.3 is 20.5 Å². The van der Waals surface area contributed by atoms with Gasteiger partial charge in [0.25, 0.3) is 0 Å². The summed E-state index contributed by atoms with van der Waals surface area (Å²) in [5.74, 6) is -0.337. The Morgan fingerprint density at radius 2 is 1.90 bits per heavy atom. The van der Waals surface area contributed by atoms with Crippen LogP contribution < -0.4 is 15.4 Å². The van der Waals surface area contributed by atoms with Crippen molar-refractivity contribution in [3.8, 4) is 5.75 Å². The van der Waals surface area contributed by atoms with E-state index in [1.165, 1.54) is 6.07 Å². The molecule has 2 aromatic rings. The van der Waals surface area contributed by atoms with Crippen molar-refractivity contribution >= 4 is 23.0 Å². The maximum Gasteiger partial charge on any atom is 0.337 e. The molecule has 0 aromatic heterocycles. The summed E-state index contributed by atoms with van der Waals surface area (Å²) in [5, 5.41) is 9.28. The lowest BCUT2D eigenvalue weighted by atomic mass is 10.1. The van der Waals surface area contributed by atoms with E-state index >= 15 is 0 Å². The summed E-state index contributed by atoms with van der Waals surface area (Å²) in [6.45, 7) is 0. The number of carbonyl (C=O) groups is 1. The van der Waals surface area contributed by atoms with Crippen LogP contribution in [-0.2, 0) is 0 Å². The molecule has 0 aliphatic carbocycles. The second-order valence-electron chi connectivity index (χ2n) is 4.31. The van der Waals surface area contributed by atoms with Gasteiger partial charge in [-0.05, 0) is 30.3 Å². The first kappa shape index (κ1) is 13.7. The Morgan fingerprint density at radius 1 is 1.20 bits per heavy atom. The number of hydrogen-bond donors (Lipinski definition) is 2. The van der Waals surface area contributed by atoms with Crippen molar-refractivity contribution in [3.63, 3.8) is 0 Å². The molecule has 2 rings (SSSR count). The van der Waals surface area contributed by atoms with Crippen molar-refractivity contribution in [2.24, 2.45) is 0 Å². The molecule has 104 valence electrons. The number of para-hydroxylation sites is 2. The molecule has 0 aliphatic rings. The number of benzene rings is 2. The predicted octanol–water partition coefficient (Wildman–Crippen LogP) is 2.74. The maximum atomic E-state index is 11.3. The number of carboxylic acid groups (broad SMARTS) is 1. The highest BCUT2D eigenvalue weighted by Gasteiger charge is 2.17. The molecule has 0 saturated carbocycles. The Bertz CT molecular complexity index is 641. The molecule has 5 nitrogen and oxygen atoms in total. The van der Waals surface area contributed by atoms with Gasteiger partial charge in [0.05, 0.1) is 24.0 Å². The van der Waals surface area contributed by atoms with E-state index in [1.54, 1.807) is 31.2 Å². The van der Waals surface area contributed by atoms with Crippen LogP contribution in [0.25, 0.3) is 0 Å². The van der Waals surface area contributed by atoms with E-state index in [9.17, 15) is 9.90 Å². The highest BCUT2D eigenvalue weighted by molar-refractivity contribution is 5.96. The number of hydrogen-bond acceptors (Lipinski definition) is 4. The number of nitrogens with two attached hydrogens (primary N) is 1. The van der Waals surface area contributed by atoms with Gasteiger partial charge in [-0.3, -0.25) is 0 Å². The second-order valence-corrected chi connectivity index (χ2v) is 4.31. The number of methoxy groups -OCH3 is 1. The van der Waals surface area contributed by atoms with Gasteiger partial charge in [0.1, 0.15) is 5.75 Å². The topological polar surface area (TPSA) is 75.8 Å².